The van der Waals surface area contributed by atoms with Gasteiger partial charge in [-0.3, -0.25) is 0 Å². The lowest BCUT2D eigenvalue weighted by Crippen LogP contribution is -2.40. The summed E-state index contributed by atoms with van der Waals surface area (Å²) < 4.78 is 0. The average molecular weight is 141 g/mol. The lowest BCUT2D eigenvalue weighted by Gasteiger charge is -2.28. The Balaban J connectivity index is 2.48. The fourth-order valence-corrected chi connectivity index (χ4v) is 1.92. The van der Waals surface area contributed by atoms with E-state index in [2.05, 4.69) is 26.1 Å². The van der Waals surface area contributed by atoms with Gasteiger partial charge in [0.05, 0.1) is 0 Å². The SMILES string of the molecule is CCCC1(C)NCCC1C. The summed E-state index contributed by atoms with van der Waals surface area (Å²) in [5, 5.41) is 3.58. The molecule has 0 bridgehead atoms. The molecule has 2 unspecified atom stereocenters. The van der Waals surface area contributed by atoms with Crippen LogP contribution in [0.15, 0.2) is 0 Å². The van der Waals surface area contributed by atoms with E-state index in [4.69, 9.17) is 0 Å². The molecule has 1 aliphatic heterocycles. The molecule has 0 aliphatic carbocycles. The minimum Gasteiger partial charge on any atom is -0.311 e. The van der Waals surface area contributed by atoms with Crippen LogP contribution in [0.4, 0.5) is 0 Å². The summed E-state index contributed by atoms with van der Waals surface area (Å²) in [4.78, 5) is 0. The van der Waals surface area contributed by atoms with Gasteiger partial charge in [0, 0.05) is 5.54 Å². The Morgan fingerprint density at radius 2 is 2.30 bits per heavy atom. The zero-order valence-corrected chi connectivity index (χ0v) is 7.41. The molecule has 1 fully saturated rings. The highest BCUT2D eigenvalue weighted by molar-refractivity contribution is 4.93. The van der Waals surface area contributed by atoms with Crippen LogP contribution >= 0.6 is 0 Å². The highest BCUT2D eigenvalue weighted by atomic mass is 15.0. The second-order valence-corrected chi connectivity index (χ2v) is 3.78. The lowest BCUT2D eigenvalue weighted by atomic mass is 9.85. The van der Waals surface area contributed by atoms with Crippen LogP contribution in [0.3, 0.4) is 0 Å². The number of nitrogens with one attached hydrogen (secondary N) is 1. The first-order valence-electron chi connectivity index (χ1n) is 4.44. The molecule has 0 amide bonds. The Kier molecular flexibility index (Phi) is 2.35. The van der Waals surface area contributed by atoms with E-state index in [1.807, 2.05) is 0 Å². The molecule has 60 valence electrons. The van der Waals surface area contributed by atoms with Crippen molar-refractivity contribution in [2.45, 2.75) is 45.6 Å². The molecule has 0 saturated carbocycles. The van der Waals surface area contributed by atoms with Crippen molar-refractivity contribution in [2.24, 2.45) is 5.92 Å². The van der Waals surface area contributed by atoms with Gasteiger partial charge in [-0.15, -0.1) is 0 Å². The number of rotatable bonds is 2. The van der Waals surface area contributed by atoms with Crippen LogP contribution in [-0.4, -0.2) is 12.1 Å². The largest absolute Gasteiger partial charge is 0.311 e. The molecule has 10 heavy (non-hydrogen) atoms. The summed E-state index contributed by atoms with van der Waals surface area (Å²) in [6.07, 6.45) is 3.98. The maximum absolute atomic E-state index is 3.58. The Morgan fingerprint density at radius 3 is 2.70 bits per heavy atom. The first-order valence-corrected chi connectivity index (χ1v) is 4.44. The van der Waals surface area contributed by atoms with Gasteiger partial charge in [-0.25, -0.2) is 0 Å². The first kappa shape index (κ1) is 8.06. The molecule has 1 nitrogen and oxygen atoms in total. The highest BCUT2D eigenvalue weighted by Gasteiger charge is 2.33. The predicted octanol–water partition coefficient (Wildman–Crippen LogP) is 2.17. The average Bonchev–Trinajstić information content (AvgIpc) is 2.15. The molecule has 1 saturated heterocycles. The van der Waals surface area contributed by atoms with E-state index < -0.39 is 0 Å². The molecule has 1 N–H and O–H groups in total. The molecule has 1 heteroatoms. The number of hydrogen-bond donors (Lipinski definition) is 1. The molecule has 0 spiro atoms. The van der Waals surface area contributed by atoms with Gasteiger partial charge in [0.15, 0.2) is 0 Å². The van der Waals surface area contributed by atoms with E-state index in [0.29, 0.717) is 5.54 Å². The quantitative estimate of drug-likeness (QED) is 0.621. The van der Waals surface area contributed by atoms with Crippen LogP contribution in [0, 0.1) is 5.92 Å². The molecule has 2 atom stereocenters. The Labute approximate surface area is 64.2 Å². The fourth-order valence-electron chi connectivity index (χ4n) is 1.92. The molecule has 0 aromatic heterocycles. The van der Waals surface area contributed by atoms with Gasteiger partial charge in [0.1, 0.15) is 0 Å². The topological polar surface area (TPSA) is 12.0 Å². The Morgan fingerprint density at radius 1 is 1.60 bits per heavy atom. The molecule has 0 aromatic carbocycles. The summed E-state index contributed by atoms with van der Waals surface area (Å²) in [6, 6.07) is 0. The van der Waals surface area contributed by atoms with Gasteiger partial charge in [0.25, 0.3) is 0 Å². The van der Waals surface area contributed by atoms with Crippen molar-refractivity contribution in [1.29, 1.82) is 0 Å². The van der Waals surface area contributed by atoms with Gasteiger partial charge < -0.3 is 5.32 Å². The molecule has 0 radical (unpaired) electrons. The van der Waals surface area contributed by atoms with Crippen LogP contribution < -0.4 is 5.32 Å². The van der Waals surface area contributed by atoms with Crippen molar-refractivity contribution in [3.8, 4) is 0 Å². The van der Waals surface area contributed by atoms with Gasteiger partial charge in [-0.2, -0.15) is 0 Å². The minimum absolute atomic E-state index is 0.453. The third-order valence-electron chi connectivity index (χ3n) is 2.96. The van der Waals surface area contributed by atoms with Gasteiger partial charge >= 0.3 is 0 Å². The van der Waals surface area contributed by atoms with E-state index in [1.54, 1.807) is 0 Å². The van der Waals surface area contributed by atoms with Crippen molar-refractivity contribution in [3.63, 3.8) is 0 Å². The van der Waals surface area contributed by atoms with E-state index in [1.165, 1.54) is 25.8 Å². The summed E-state index contributed by atoms with van der Waals surface area (Å²) in [5.41, 5.74) is 0.453. The Hall–Kier alpha value is -0.0400. The molecule has 0 aromatic rings. The van der Waals surface area contributed by atoms with Crippen LogP contribution in [0.5, 0.6) is 0 Å². The van der Waals surface area contributed by atoms with E-state index in [-0.39, 0.29) is 0 Å². The maximum Gasteiger partial charge on any atom is 0.0179 e. The zero-order chi connectivity index (χ0) is 7.61. The zero-order valence-electron chi connectivity index (χ0n) is 7.41. The summed E-state index contributed by atoms with van der Waals surface area (Å²) >= 11 is 0. The predicted molar refractivity (Wildman–Crippen MR) is 45.1 cm³/mol. The van der Waals surface area contributed by atoms with Crippen molar-refractivity contribution in [3.05, 3.63) is 0 Å². The van der Waals surface area contributed by atoms with E-state index in [0.717, 1.165) is 5.92 Å². The standard InChI is InChI=1S/C9H19N/c1-4-6-9(3)8(2)5-7-10-9/h8,10H,4-7H2,1-3H3. The molecule has 1 aliphatic rings. The second-order valence-electron chi connectivity index (χ2n) is 3.78. The van der Waals surface area contributed by atoms with Gasteiger partial charge in [0.2, 0.25) is 0 Å². The van der Waals surface area contributed by atoms with E-state index >= 15 is 0 Å². The summed E-state index contributed by atoms with van der Waals surface area (Å²) in [5.74, 6) is 0.868. The number of hydrogen-bond acceptors (Lipinski definition) is 1. The third kappa shape index (κ3) is 1.34. The molecule has 1 heterocycles. The van der Waals surface area contributed by atoms with Crippen LogP contribution in [0.2, 0.25) is 0 Å². The van der Waals surface area contributed by atoms with Crippen molar-refractivity contribution in [1.82, 2.24) is 5.32 Å². The smallest absolute Gasteiger partial charge is 0.0179 e. The van der Waals surface area contributed by atoms with Crippen LogP contribution in [0.1, 0.15) is 40.0 Å². The second kappa shape index (κ2) is 2.91. The molecular formula is C9H19N. The summed E-state index contributed by atoms with van der Waals surface area (Å²) in [7, 11) is 0. The normalized spacial score (nSPS) is 40.5. The fraction of sp³-hybridized carbons (Fsp3) is 1.00. The van der Waals surface area contributed by atoms with Gasteiger partial charge in [-0.05, 0) is 32.2 Å². The van der Waals surface area contributed by atoms with Crippen molar-refractivity contribution >= 4 is 0 Å². The van der Waals surface area contributed by atoms with Crippen LogP contribution in [-0.2, 0) is 0 Å². The molecular weight excluding hydrogens is 122 g/mol. The monoisotopic (exact) mass is 141 g/mol. The first-order chi connectivity index (χ1) is 4.69. The Bertz CT molecular complexity index is 111. The van der Waals surface area contributed by atoms with Gasteiger partial charge in [-0.1, -0.05) is 20.3 Å². The highest BCUT2D eigenvalue weighted by Crippen LogP contribution is 2.29. The van der Waals surface area contributed by atoms with Crippen molar-refractivity contribution < 1.29 is 0 Å². The third-order valence-corrected chi connectivity index (χ3v) is 2.96. The minimum atomic E-state index is 0.453. The van der Waals surface area contributed by atoms with E-state index in [9.17, 15) is 0 Å². The van der Waals surface area contributed by atoms with Crippen LogP contribution in [0.25, 0.3) is 0 Å². The van der Waals surface area contributed by atoms with Crippen molar-refractivity contribution in [2.75, 3.05) is 6.54 Å². The maximum atomic E-state index is 3.58. The lowest BCUT2D eigenvalue weighted by molar-refractivity contribution is 0.299. The molecule has 1 rings (SSSR count). The summed E-state index contributed by atoms with van der Waals surface area (Å²) in [6.45, 7) is 8.19.